The van der Waals surface area contributed by atoms with E-state index in [4.69, 9.17) is 0 Å². The summed E-state index contributed by atoms with van der Waals surface area (Å²) in [6, 6.07) is 13.9. The molecule has 0 aliphatic rings. The fourth-order valence-corrected chi connectivity index (χ4v) is 4.50. The Morgan fingerprint density at radius 3 is 2.65 bits per heavy atom. The van der Waals surface area contributed by atoms with Crippen molar-refractivity contribution in [2.45, 2.75) is 20.4 Å². The van der Waals surface area contributed by atoms with Gasteiger partial charge in [-0.05, 0) is 37.1 Å². The zero-order chi connectivity index (χ0) is 18.5. The quantitative estimate of drug-likeness (QED) is 0.382. The average molecular weight is 388 g/mol. The molecule has 1 amide bonds. The van der Waals surface area contributed by atoms with Gasteiger partial charge in [0.15, 0.2) is 0 Å². The van der Waals surface area contributed by atoms with Crippen LogP contribution < -0.4 is 10.1 Å². The third-order valence-corrected chi connectivity index (χ3v) is 6.10. The second-order valence-electron chi connectivity index (χ2n) is 5.97. The molecule has 1 aromatic heterocycles. The predicted octanol–water partition coefficient (Wildman–Crippen LogP) is 3.98. The van der Waals surface area contributed by atoms with Crippen LogP contribution in [0.15, 0.2) is 47.6 Å². The van der Waals surface area contributed by atoms with Crippen LogP contribution in [0.3, 0.4) is 0 Å². The van der Waals surface area contributed by atoms with Gasteiger partial charge in [0.05, 0.1) is 16.0 Å². The van der Waals surface area contributed by atoms with Gasteiger partial charge in [-0.3, -0.25) is 4.79 Å². The summed E-state index contributed by atoms with van der Waals surface area (Å²) < 4.78 is 3.06. The summed E-state index contributed by atoms with van der Waals surface area (Å²) in [5, 5.41) is 15.6. The van der Waals surface area contributed by atoms with Gasteiger partial charge in [0.1, 0.15) is 0 Å². The van der Waals surface area contributed by atoms with E-state index in [-0.39, 0.29) is 5.91 Å². The van der Waals surface area contributed by atoms with Crippen molar-refractivity contribution in [1.82, 2.24) is 4.57 Å². The van der Waals surface area contributed by atoms with Crippen molar-refractivity contribution in [1.29, 1.82) is 0 Å². The normalized spacial score (nSPS) is 11.8. The first-order chi connectivity index (χ1) is 12.6. The van der Waals surface area contributed by atoms with E-state index in [2.05, 4.69) is 10.5 Å². The lowest BCUT2D eigenvalue weighted by Crippen LogP contribution is -2.18. The van der Waals surface area contributed by atoms with E-state index in [1.165, 1.54) is 11.3 Å². The zero-order valence-electron chi connectivity index (χ0n) is 14.7. The zero-order valence-corrected chi connectivity index (χ0v) is 16.4. The number of hydrogen-bond donors (Lipinski definition) is 2. The number of thiazole rings is 1. The molecule has 0 unspecified atom stereocenters. The van der Waals surface area contributed by atoms with Crippen molar-refractivity contribution in [3.63, 3.8) is 0 Å². The molecule has 0 bridgehead atoms. The van der Waals surface area contributed by atoms with E-state index < -0.39 is 0 Å². The number of hydrogen-bond acceptors (Lipinski definition) is 5. The molecule has 136 valence electrons. The Morgan fingerprint density at radius 1 is 1.19 bits per heavy atom. The number of benzene rings is 2. The fourth-order valence-electron chi connectivity index (χ4n) is 2.82. The number of rotatable bonds is 6. The SMILES string of the molecule is Cc1cccc(C)c1NC(=O)CSCCn1/c(=N\O)sc2ccccc21. The standard InChI is InChI=1S/C19H21N3O2S2/c1-13-6-5-7-14(2)18(13)20-17(23)12-25-11-10-22-15-8-3-4-9-16(15)26-19(22)21-24/h3-9,24H,10-12H2,1-2H3,(H,20,23)/b21-19+. The summed E-state index contributed by atoms with van der Waals surface area (Å²) in [4.78, 5) is 12.8. The van der Waals surface area contributed by atoms with Crippen molar-refractivity contribution < 1.29 is 10.0 Å². The van der Waals surface area contributed by atoms with Crippen molar-refractivity contribution in [3.05, 3.63) is 58.4 Å². The maximum absolute atomic E-state index is 12.2. The predicted molar refractivity (Wildman–Crippen MR) is 109 cm³/mol. The Hall–Kier alpha value is -2.25. The van der Waals surface area contributed by atoms with E-state index in [9.17, 15) is 10.0 Å². The van der Waals surface area contributed by atoms with Gasteiger partial charge >= 0.3 is 0 Å². The summed E-state index contributed by atoms with van der Waals surface area (Å²) in [5.74, 6) is 1.15. The molecule has 0 saturated heterocycles. The maximum Gasteiger partial charge on any atom is 0.234 e. The van der Waals surface area contributed by atoms with E-state index in [0.717, 1.165) is 32.8 Å². The molecule has 0 atom stereocenters. The summed E-state index contributed by atoms with van der Waals surface area (Å²) in [6.07, 6.45) is 0. The lowest BCUT2D eigenvalue weighted by Gasteiger charge is -2.11. The van der Waals surface area contributed by atoms with Crippen LogP contribution in [0.4, 0.5) is 5.69 Å². The van der Waals surface area contributed by atoms with Gasteiger partial charge in [0.25, 0.3) is 0 Å². The van der Waals surface area contributed by atoms with Crippen LogP contribution in [-0.2, 0) is 11.3 Å². The van der Waals surface area contributed by atoms with Crippen molar-refractivity contribution in [3.8, 4) is 0 Å². The molecule has 3 aromatic rings. The Bertz CT molecular complexity index is 972. The molecule has 0 saturated carbocycles. The number of aryl methyl sites for hydroxylation is 3. The summed E-state index contributed by atoms with van der Waals surface area (Å²) in [7, 11) is 0. The van der Waals surface area contributed by atoms with E-state index in [0.29, 0.717) is 17.1 Å². The van der Waals surface area contributed by atoms with Crippen LogP contribution in [0.5, 0.6) is 0 Å². The third kappa shape index (κ3) is 4.11. The first-order valence-corrected chi connectivity index (χ1v) is 10.3. The van der Waals surface area contributed by atoms with Gasteiger partial charge in [0.2, 0.25) is 10.7 Å². The van der Waals surface area contributed by atoms with Gasteiger partial charge in [-0.15, -0.1) is 0 Å². The highest BCUT2D eigenvalue weighted by molar-refractivity contribution is 7.99. The first kappa shape index (κ1) is 18.5. The molecule has 0 radical (unpaired) electrons. The van der Waals surface area contributed by atoms with Crippen LogP contribution in [0.1, 0.15) is 11.1 Å². The van der Waals surface area contributed by atoms with Crippen molar-refractivity contribution in [2.75, 3.05) is 16.8 Å². The number of aromatic nitrogens is 1. The number of carbonyl (C=O) groups excluding carboxylic acids is 1. The molecule has 0 fully saturated rings. The number of thioether (sulfide) groups is 1. The average Bonchev–Trinajstić information content (AvgIpc) is 3.00. The van der Waals surface area contributed by atoms with Gasteiger partial charge in [-0.1, -0.05) is 46.8 Å². The molecular formula is C19H21N3O2S2. The second kappa shape index (κ2) is 8.42. The van der Waals surface area contributed by atoms with Crippen LogP contribution in [0.2, 0.25) is 0 Å². The maximum atomic E-state index is 12.2. The molecule has 1 heterocycles. The fraction of sp³-hybridized carbons (Fsp3) is 0.263. The highest BCUT2D eigenvalue weighted by Crippen LogP contribution is 2.20. The lowest BCUT2D eigenvalue weighted by atomic mass is 10.1. The molecule has 2 N–H and O–H groups in total. The van der Waals surface area contributed by atoms with Crippen molar-refractivity contribution >= 4 is 44.9 Å². The minimum atomic E-state index is -0.000328. The molecule has 7 heteroatoms. The first-order valence-electron chi connectivity index (χ1n) is 8.30. The minimum Gasteiger partial charge on any atom is -0.408 e. The largest absolute Gasteiger partial charge is 0.408 e. The minimum absolute atomic E-state index is 0.000328. The molecule has 3 rings (SSSR count). The number of anilines is 1. The highest BCUT2D eigenvalue weighted by Gasteiger charge is 2.09. The second-order valence-corrected chi connectivity index (χ2v) is 8.09. The number of para-hydroxylation sites is 2. The molecule has 0 aliphatic carbocycles. The molecular weight excluding hydrogens is 366 g/mol. The molecule has 0 aliphatic heterocycles. The Morgan fingerprint density at radius 2 is 1.92 bits per heavy atom. The Balaban J connectivity index is 1.57. The van der Waals surface area contributed by atoms with Crippen LogP contribution in [0, 0.1) is 13.8 Å². The number of nitrogens with one attached hydrogen (secondary N) is 1. The topological polar surface area (TPSA) is 66.6 Å². The Labute approximate surface area is 160 Å². The third-order valence-electron chi connectivity index (χ3n) is 4.11. The van der Waals surface area contributed by atoms with Crippen LogP contribution >= 0.6 is 23.1 Å². The van der Waals surface area contributed by atoms with Gasteiger partial charge in [-0.25, -0.2) is 0 Å². The Kier molecular flexibility index (Phi) is 6.00. The monoisotopic (exact) mass is 387 g/mol. The van der Waals surface area contributed by atoms with Crippen LogP contribution in [-0.4, -0.2) is 27.2 Å². The van der Waals surface area contributed by atoms with E-state index in [1.54, 1.807) is 11.8 Å². The van der Waals surface area contributed by atoms with Crippen LogP contribution in [0.25, 0.3) is 10.2 Å². The number of amides is 1. The summed E-state index contributed by atoms with van der Waals surface area (Å²) in [6.45, 7) is 4.67. The van der Waals surface area contributed by atoms with Gasteiger partial charge in [-0.2, -0.15) is 11.8 Å². The molecule has 26 heavy (non-hydrogen) atoms. The van der Waals surface area contributed by atoms with Crippen molar-refractivity contribution in [2.24, 2.45) is 5.16 Å². The summed E-state index contributed by atoms with van der Waals surface area (Å²) in [5.41, 5.74) is 4.08. The number of carbonyl (C=O) groups is 1. The summed E-state index contributed by atoms with van der Waals surface area (Å²) >= 11 is 3.02. The highest BCUT2D eigenvalue weighted by atomic mass is 32.2. The number of fused-ring (bicyclic) bond motifs is 1. The van der Waals surface area contributed by atoms with Gasteiger partial charge in [0, 0.05) is 18.0 Å². The lowest BCUT2D eigenvalue weighted by molar-refractivity contribution is -0.113. The van der Waals surface area contributed by atoms with E-state index >= 15 is 0 Å². The molecule has 0 spiro atoms. The smallest absolute Gasteiger partial charge is 0.234 e. The molecule has 2 aromatic carbocycles. The van der Waals surface area contributed by atoms with E-state index in [1.807, 2.05) is 60.9 Å². The van der Waals surface area contributed by atoms with Gasteiger partial charge < -0.3 is 15.1 Å². The molecule has 5 nitrogen and oxygen atoms in total. The number of nitrogens with zero attached hydrogens (tertiary/aromatic N) is 2.